The summed E-state index contributed by atoms with van der Waals surface area (Å²) in [5, 5.41) is 9.40. The van der Waals surface area contributed by atoms with Crippen LogP contribution < -0.4 is 4.74 Å². The Balaban J connectivity index is 2.43. The highest BCUT2D eigenvalue weighted by Gasteiger charge is 2.42. The normalized spacial score (nSPS) is 25.8. The second-order valence-corrected chi connectivity index (χ2v) is 6.16. The smallest absolute Gasteiger partial charge is 0.304 e. The lowest BCUT2D eigenvalue weighted by Crippen LogP contribution is -2.42. The number of rotatable bonds is 5. The number of methoxy groups -OCH3 is 1. The molecule has 0 amide bonds. The van der Waals surface area contributed by atoms with Crippen LogP contribution in [0.5, 0.6) is 5.75 Å². The van der Waals surface area contributed by atoms with E-state index in [0.717, 1.165) is 17.7 Å². The van der Waals surface area contributed by atoms with Crippen LogP contribution in [0.2, 0.25) is 0 Å². The Bertz CT molecular complexity index is 497. The van der Waals surface area contributed by atoms with Gasteiger partial charge in [0.05, 0.1) is 19.6 Å². The van der Waals surface area contributed by atoms with Crippen molar-refractivity contribution in [3.63, 3.8) is 0 Å². The zero-order valence-corrected chi connectivity index (χ0v) is 13.0. The molecule has 0 aliphatic carbocycles. The second kappa shape index (κ2) is 6.48. The van der Waals surface area contributed by atoms with Crippen molar-refractivity contribution in [1.82, 2.24) is 0 Å². The Labute approximate surface area is 126 Å². The number of hydrogen-bond acceptors (Lipinski definition) is 3. The average Bonchev–Trinajstić information content (AvgIpc) is 2.46. The standard InChI is InChI=1S/C17H24O4/c1-12(2)15-10-17(8-9-21-15,11-16(18)19)13-6-4-5-7-14(13)20-3/h4-7,12,15H,8-11H2,1-3H3,(H,18,19)/t15-,17-/m0/s1. The van der Waals surface area contributed by atoms with Gasteiger partial charge in [-0.05, 0) is 24.8 Å². The number of aliphatic carboxylic acids is 1. The summed E-state index contributed by atoms with van der Waals surface area (Å²) in [6.45, 7) is 4.82. The molecular formula is C17H24O4. The van der Waals surface area contributed by atoms with E-state index in [-0.39, 0.29) is 12.5 Å². The van der Waals surface area contributed by atoms with Crippen LogP contribution in [0, 0.1) is 5.92 Å². The van der Waals surface area contributed by atoms with Crippen molar-refractivity contribution in [2.45, 2.75) is 44.6 Å². The minimum atomic E-state index is -0.773. The fourth-order valence-corrected chi connectivity index (χ4v) is 3.25. The lowest BCUT2D eigenvalue weighted by atomic mass is 9.68. The summed E-state index contributed by atoms with van der Waals surface area (Å²) in [6, 6.07) is 7.75. The van der Waals surface area contributed by atoms with Gasteiger partial charge in [-0.2, -0.15) is 0 Å². The second-order valence-electron chi connectivity index (χ2n) is 6.16. The number of para-hydroxylation sites is 1. The van der Waals surface area contributed by atoms with Gasteiger partial charge in [-0.25, -0.2) is 0 Å². The molecule has 116 valence electrons. The Hall–Kier alpha value is -1.55. The van der Waals surface area contributed by atoms with Gasteiger partial charge in [0, 0.05) is 17.6 Å². The molecule has 4 heteroatoms. The summed E-state index contributed by atoms with van der Waals surface area (Å²) in [6.07, 6.45) is 1.63. The maximum absolute atomic E-state index is 11.4. The van der Waals surface area contributed by atoms with E-state index < -0.39 is 11.4 Å². The maximum Gasteiger partial charge on any atom is 0.304 e. The molecule has 1 aromatic rings. The van der Waals surface area contributed by atoms with Crippen LogP contribution in [0.4, 0.5) is 0 Å². The Morgan fingerprint density at radius 1 is 1.48 bits per heavy atom. The largest absolute Gasteiger partial charge is 0.496 e. The van der Waals surface area contributed by atoms with E-state index in [1.807, 2.05) is 24.3 Å². The number of ether oxygens (including phenoxy) is 2. The van der Waals surface area contributed by atoms with E-state index in [9.17, 15) is 9.90 Å². The molecule has 1 fully saturated rings. The molecule has 0 saturated carbocycles. The topological polar surface area (TPSA) is 55.8 Å². The molecule has 0 radical (unpaired) electrons. The van der Waals surface area contributed by atoms with E-state index in [2.05, 4.69) is 13.8 Å². The van der Waals surface area contributed by atoms with Gasteiger partial charge in [-0.3, -0.25) is 4.79 Å². The van der Waals surface area contributed by atoms with Crippen molar-refractivity contribution in [3.05, 3.63) is 29.8 Å². The zero-order valence-electron chi connectivity index (χ0n) is 13.0. The fourth-order valence-electron chi connectivity index (χ4n) is 3.25. The zero-order chi connectivity index (χ0) is 15.5. The van der Waals surface area contributed by atoms with Crippen LogP contribution in [0.1, 0.15) is 38.7 Å². The first kappa shape index (κ1) is 15.8. The molecule has 0 aromatic heterocycles. The van der Waals surface area contributed by atoms with Gasteiger partial charge in [-0.1, -0.05) is 32.0 Å². The summed E-state index contributed by atoms with van der Waals surface area (Å²) in [4.78, 5) is 11.4. The molecule has 0 unspecified atom stereocenters. The van der Waals surface area contributed by atoms with Crippen LogP contribution in [0.25, 0.3) is 0 Å². The third-order valence-electron chi connectivity index (χ3n) is 4.42. The molecule has 0 bridgehead atoms. The highest BCUT2D eigenvalue weighted by Crippen LogP contribution is 2.45. The van der Waals surface area contributed by atoms with Crippen LogP contribution in [-0.4, -0.2) is 30.9 Å². The number of carboxylic acids is 1. The Kier molecular flexibility index (Phi) is 4.88. The number of carboxylic acid groups (broad SMARTS) is 1. The van der Waals surface area contributed by atoms with Crippen LogP contribution >= 0.6 is 0 Å². The molecular weight excluding hydrogens is 268 g/mol. The summed E-state index contributed by atoms with van der Waals surface area (Å²) >= 11 is 0. The summed E-state index contributed by atoms with van der Waals surface area (Å²) in [5.74, 6) is 0.363. The number of benzene rings is 1. The van der Waals surface area contributed by atoms with Crippen molar-refractivity contribution in [3.8, 4) is 5.75 Å². The third-order valence-corrected chi connectivity index (χ3v) is 4.42. The minimum Gasteiger partial charge on any atom is -0.496 e. The summed E-state index contributed by atoms with van der Waals surface area (Å²) in [7, 11) is 1.63. The highest BCUT2D eigenvalue weighted by molar-refractivity contribution is 5.69. The predicted octanol–water partition coefficient (Wildman–Crippen LogP) is 3.24. The van der Waals surface area contributed by atoms with Crippen molar-refractivity contribution < 1.29 is 19.4 Å². The molecule has 2 atom stereocenters. The van der Waals surface area contributed by atoms with E-state index in [1.54, 1.807) is 7.11 Å². The van der Waals surface area contributed by atoms with Gasteiger partial charge in [0.1, 0.15) is 5.75 Å². The van der Waals surface area contributed by atoms with Crippen LogP contribution in [0.3, 0.4) is 0 Å². The third kappa shape index (κ3) is 3.38. The lowest BCUT2D eigenvalue weighted by Gasteiger charge is -2.42. The summed E-state index contributed by atoms with van der Waals surface area (Å²) < 4.78 is 11.3. The van der Waals surface area contributed by atoms with Gasteiger partial charge in [0.2, 0.25) is 0 Å². The Morgan fingerprint density at radius 2 is 2.19 bits per heavy atom. The first-order valence-corrected chi connectivity index (χ1v) is 7.45. The molecule has 1 aliphatic heterocycles. The molecule has 1 saturated heterocycles. The van der Waals surface area contributed by atoms with E-state index in [4.69, 9.17) is 9.47 Å². The molecule has 1 aromatic carbocycles. The first-order valence-electron chi connectivity index (χ1n) is 7.45. The molecule has 1 aliphatic rings. The van der Waals surface area contributed by atoms with Crippen molar-refractivity contribution in [1.29, 1.82) is 0 Å². The van der Waals surface area contributed by atoms with Gasteiger partial charge >= 0.3 is 5.97 Å². The highest BCUT2D eigenvalue weighted by atomic mass is 16.5. The molecule has 1 heterocycles. The van der Waals surface area contributed by atoms with Gasteiger partial charge in [0.25, 0.3) is 0 Å². The first-order chi connectivity index (χ1) is 9.98. The van der Waals surface area contributed by atoms with E-state index in [0.29, 0.717) is 18.9 Å². The predicted molar refractivity (Wildman–Crippen MR) is 80.7 cm³/mol. The minimum absolute atomic E-state index is 0.0861. The van der Waals surface area contributed by atoms with Crippen LogP contribution in [0.15, 0.2) is 24.3 Å². The van der Waals surface area contributed by atoms with Gasteiger partial charge in [-0.15, -0.1) is 0 Å². The molecule has 1 N–H and O–H groups in total. The van der Waals surface area contributed by atoms with Crippen LogP contribution in [-0.2, 0) is 14.9 Å². The summed E-state index contributed by atoms with van der Waals surface area (Å²) in [5.41, 5.74) is 0.579. The fraction of sp³-hybridized carbons (Fsp3) is 0.588. The monoisotopic (exact) mass is 292 g/mol. The van der Waals surface area contributed by atoms with E-state index >= 15 is 0 Å². The van der Waals surface area contributed by atoms with Crippen molar-refractivity contribution in [2.24, 2.45) is 5.92 Å². The molecule has 4 nitrogen and oxygen atoms in total. The lowest BCUT2D eigenvalue weighted by molar-refractivity contribution is -0.140. The average molecular weight is 292 g/mol. The van der Waals surface area contributed by atoms with Gasteiger partial charge in [0.15, 0.2) is 0 Å². The molecule has 21 heavy (non-hydrogen) atoms. The quantitative estimate of drug-likeness (QED) is 0.905. The van der Waals surface area contributed by atoms with E-state index in [1.165, 1.54) is 0 Å². The van der Waals surface area contributed by atoms with Crippen molar-refractivity contribution >= 4 is 5.97 Å². The van der Waals surface area contributed by atoms with Crippen molar-refractivity contribution in [2.75, 3.05) is 13.7 Å². The number of hydrogen-bond donors (Lipinski definition) is 1. The Morgan fingerprint density at radius 3 is 2.81 bits per heavy atom. The molecule has 0 spiro atoms. The van der Waals surface area contributed by atoms with Gasteiger partial charge < -0.3 is 14.6 Å². The SMILES string of the molecule is COc1ccccc1[C@@]1(CC(=O)O)CCO[C@H](C(C)C)C1. The maximum atomic E-state index is 11.4. The molecule has 2 rings (SSSR count). The number of carbonyl (C=O) groups is 1.